The molecule has 0 aromatic carbocycles. The fourth-order valence-corrected chi connectivity index (χ4v) is 5.38. The summed E-state index contributed by atoms with van der Waals surface area (Å²) < 4.78 is 0. The SMILES string of the molecule is CN1CCC(N2CCC(CCN(C)C(=O)[C@@H]3CCC[C@@H]3CN)CC2)CC1.Cl.Cl.Cl. The van der Waals surface area contributed by atoms with E-state index in [0.717, 1.165) is 31.3 Å². The zero-order valence-corrected chi connectivity index (χ0v) is 20.7. The minimum atomic E-state index is 0. The van der Waals surface area contributed by atoms with E-state index in [1.54, 1.807) is 0 Å². The quantitative estimate of drug-likeness (QED) is 0.643. The van der Waals surface area contributed by atoms with Gasteiger partial charge in [-0.3, -0.25) is 4.79 Å². The molecule has 1 saturated carbocycles. The van der Waals surface area contributed by atoms with Crippen LogP contribution in [-0.4, -0.2) is 80.0 Å². The molecule has 3 fully saturated rings. The average molecular weight is 474 g/mol. The van der Waals surface area contributed by atoms with Crippen molar-refractivity contribution in [1.29, 1.82) is 0 Å². The number of piperidine rings is 2. The summed E-state index contributed by atoms with van der Waals surface area (Å²) in [4.78, 5) is 19.9. The maximum absolute atomic E-state index is 12.7. The van der Waals surface area contributed by atoms with Gasteiger partial charge in [-0.1, -0.05) is 6.42 Å². The molecule has 0 unspecified atom stereocenters. The molecule has 0 radical (unpaired) electrons. The van der Waals surface area contributed by atoms with E-state index in [2.05, 4.69) is 16.8 Å². The molecule has 2 atom stereocenters. The van der Waals surface area contributed by atoms with Crippen LogP contribution in [0, 0.1) is 17.8 Å². The first kappa shape index (κ1) is 29.2. The van der Waals surface area contributed by atoms with Gasteiger partial charge in [-0.25, -0.2) is 0 Å². The van der Waals surface area contributed by atoms with E-state index in [9.17, 15) is 4.79 Å². The number of nitrogens with zero attached hydrogens (tertiary/aromatic N) is 3. The third-order valence-electron chi connectivity index (χ3n) is 7.38. The van der Waals surface area contributed by atoms with Gasteiger partial charge in [0.25, 0.3) is 0 Å². The van der Waals surface area contributed by atoms with Crippen molar-refractivity contribution >= 4 is 43.1 Å². The number of hydrogen-bond donors (Lipinski definition) is 1. The van der Waals surface area contributed by atoms with Gasteiger partial charge in [0.2, 0.25) is 5.91 Å². The largest absolute Gasteiger partial charge is 0.346 e. The zero-order valence-electron chi connectivity index (χ0n) is 18.3. The van der Waals surface area contributed by atoms with E-state index in [0.29, 0.717) is 18.4 Å². The Morgan fingerprint density at radius 1 is 0.966 bits per heavy atom. The highest BCUT2D eigenvalue weighted by Gasteiger charge is 2.34. The van der Waals surface area contributed by atoms with Crippen molar-refractivity contribution in [3.8, 4) is 0 Å². The Kier molecular flexibility index (Phi) is 14.4. The number of carbonyl (C=O) groups excluding carboxylic acids is 1. The van der Waals surface area contributed by atoms with Gasteiger partial charge in [-0.15, -0.1) is 37.2 Å². The Bertz CT molecular complexity index is 455. The maximum Gasteiger partial charge on any atom is 0.225 e. The second-order valence-electron chi connectivity index (χ2n) is 9.10. The van der Waals surface area contributed by atoms with E-state index >= 15 is 0 Å². The van der Waals surface area contributed by atoms with Crippen LogP contribution >= 0.6 is 37.2 Å². The predicted octanol–water partition coefficient (Wildman–Crippen LogP) is 3.28. The van der Waals surface area contributed by atoms with Crippen molar-refractivity contribution in [3.05, 3.63) is 0 Å². The minimum Gasteiger partial charge on any atom is -0.346 e. The van der Waals surface area contributed by atoms with E-state index in [1.807, 2.05) is 11.9 Å². The lowest BCUT2D eigenvalue weighted by Crippen LogP contribution is -2.47. The van der Waals surface area contributed by atoms with Crippen LogP contribution in [0.4, 0.5) is 0 Å². The summed E-state index contributed by atoms with van der Waals surface area (Å²) in [5.74, 6) is 1.75. The molecule has 3 aliphatic rings. The predicted molar refractivity (Wildman–Crippen MR) is 129 cm³/mol. The fourth-order valence-electron chi connectivity index (χ4n) is 5.38. The van der Waals surface area contributed by atoms with Crippen molar-refractivity contribution < 1.29 is 4.79 Å². The molecule has 174 valence electrons. The highest BCUT2D eigenvalue weighted by atomic mass is 35.5. The van der Waals surface area contributed by atoms with Crippen molar-refractivity contribution in [3.63, 3.8) is 0 Å². The Labute approximate surface area is 196 Å². The molecule has 2 aliphatic heterocycles. The van der Waals surface area contributed by atoms with Crippen molar-refractivity contribution in [2.75, 3.05) is 53.4 Å². The molecule has 2 saturated heterocycles. The molecule has 3 rings (SSSR count). The topological polar surface area (TPSA) is 52.8 Å². The third kappa shape index (κ3) is 8.01. The van der Waals surface area contributed by atoms with Gasteiger partial charge in [-0.2, -0.15) is 0 Å². The van der Waals surface area contributed by atoms with E-state index in [-0.39, 0.29) is 43.1 Å². The number of rotatable bonds is 6. The van der Waals surface area contributed by atoms with E-state index in [4.69, 9.17) is 5.73 Å². The van der Waals surface area contributed by atoms with Gasteiger partial charge in [0.1, 0.15) is 0 Å². The molecule has 2 N–H and O–H groups in total. The summed E-state index contributed by atoms with van der Waals surface area (Å²) in [6.45, 7) is 6.61. The lowest BCUT2D eigenvalue weighted by Gasteiger charge is -2.41. The van der Waals surface area contributed by atoms with Crippen LogP contribution in [0.1, 0.15) is 51.4 Å². The summed E-state index contributed by atoms with van der Waals surface area (Å²) in [6.07, 6.45) is 9.80. The fraction of sp³-hybridized carbons (Fsp3) is 0.952. The van der Waals surface area contributed by atoms with Crippen LogP contribution in [0.2, 0.25) is 0 Å². The summed E-state index contributed by atoms with van der Waals surface area (Å²) in [5.41, 5.74) is 5.86. The van der Waals surface area contributed by atoms with Crippen LogP contribution in [0.5, 0.6) is 0 Å². The molecule has 8 heteroatoms. The Balaban J connectivity index is 0.00000261. The second-order valence-corrected chi connectivity index (χ2v) is 9.10. The summed E-state index contributed by atoms with van der Waals surface area (Å²) in [7, 11) is 4.24. The Morgan fingerprint density at radius 2 is 1.59 bits per heavy atom. The molecule has 0 spiro atoms. The van der Waals surface area contributed by atoms with Crippen molar-refractivity contribution in [1.82, 2.24) is 14.7 Å². The van der Waals surface area contributed by atoms with Crippen molar-refractivity contribution in [2.45, 2.75) is 57.4 Å². The number of amides is 1. The summed E-state index contributed by atoms with van der Waals surface area (Å²) >= 11 is 0. The molecule has 0 bridgehead atoms. The normalized spacial score (nSPS) is 26.9. The third-order valence-corrected chi connectivity index (χ3v) is 7.38. The summed E-state index contributed by atoms with van der Waals surface area (Å²) in [6, 6.07) is 0.812. The molecular formula is C21H43Cl3N4O. The van der Waals surface area contributed by atoms with Crippen LogP contribution in [0.25, 0.3) is 0 Å². The molecule has 1 aliphatic carbocycles. The lowest BCUT2D eigenvalue weighted by atomic mass is 9.90. The highest BCUT2D eigenvalue weighted by molar-refractivity contribution is 5.86. The zero-order chi connectivity index (χ0) is 18.5. The van der Waals surface area contributed by atoms with Gasteiger partial charge in [0.15, 0.2) is 0 Å². The molecule has 29 heavy (non-hydrogen) atoms. The molecule has 5 nitrogen and oxygen atoms in total. The number of halogens is 3. The monoisotopic (exact) mass is 472 g/mol. The number of hydrogen-bond acceptors (Lipinski definition) is 4. The summed E-state index contributed by atoms with van der Waals surface area (Å²) in [5, 5.41) is 0. The number of likely N-dealkylation sites (tertiary alicyclic amines) is 2. The molecule has 2 heterocycles. The van der Waals surface area contributed by atoms with Crippen LogP contribution in [-0.2, 0) is 4.79 Å². The smallest absolute Gasteiger partial charge is 0.225 e. The van der Waals surface area contributed by atoms with Crippen LogP contribution in [0.15, 0.2) is 0 Å². The number of carbonyl (C=O) groups is 1. The molecule has 0 aromatic heterocycles. The molecular weight excluding hydrogens is 431 g/mol. The highest BCUT2D eigenvalue weighted by Crippen LogP contribution is 2.32. The van der Waals surface area contributed by atoms with Gasteiger partial charge in [0.05, 0.1) is 0 Å². The molecule has 0 aromatic rings. The first-order valence-corrected chi connectivity index (χ1v) is 11.0. The van der Waals surface area contributed by atoms with Crippen LogP contribution < -0.4 is 5.73 Å². The first-order chi connectivity index (χ1) is 12.6. The van der Waals surface area contributed by atoms with Crippen LogP contribution in [0.3, 0.4) is 0 Å². The minimum absolute atomic E-state index is 0. The van der Waals surface area contributed by atoms with Gasteiger partial charge in [-0.05, 0) is 96.6 Å². The van der Waals surface area contributed by atoms with Gasteiger partial charge >= 0.3 is 0 Å². The first-order valence-electron chi connectivity index (χ1n) is 11.0. The molecule has 1 amide bonds. The average Bonchev–Trinajstić information content (AvgIpc) is 3.15. The van der Waals surface area contributed by atoms with E-state index < -0.39 is 0 Å². The standard InChI is InChI=1S/C21H40N4O.3ClH/c1-23-11-9-19(10-12-23)25-14-7-17(8-15-25)6-13-24(2)21(26)20-5-3-4-18(20)16-22;;;/h17-20H,3-16,22H2,1-2H3;3*1H/t18-,20-;;;/m1.../s1. The maximum atomic E-state index is 12.7. The lowest BCUT2D eigenvalue weighted by molar-refractivity contribution is -0.135. The van der Waals surface area contributed by atoms with Crippen molar-refractivity contribution in [2.24, 2.45) is 23.5 Å². The Morgan fingerprint density at radius 3 is 2.17 bits per heavy atom. The van der Waals surface area contributed by atoms with E-state index in [1.165, 1.54) is 64.7 Å². The second kappa shape index (κ2) is 14.3. The van der Waals surface area contributed by atoms with Gasteiger partial charge in [0, 0.05) is 25.6 Å². The Hall–Kier alpha value is 0.220. The van der Waals surface area contributed by atoms with Gasteiger partial charge < -0.3 is 20.4 Å². The number of nitrogens with two attached hydrogens (primary N) is 1.